The molecule has 0 saturated carbocycles. The van der Waals surface area contributed by atoms with E-state index in [-0.39, 0.29) is 10.8 Å². The fourth-order valence-electron chi connectivity index (χ4n) is 8.94. The highest BCUT2D eigenvalue weighted by atomic mass is 32.2. The number of benzene rings is 9. The molecule has 1 aliphatic carbocycles. The molecule has 9 aromatic rings. The highest BCUT2D eigenvalue weighted by molar-refractivity contribution is 8.00. The van der Waals surface area contributed by atoms with Gasteiger partial charge in [-0.25, -0.2) is 0 Å². The van der Waals surface area contributed by atoms with Crippen LogP contribution in [0.5, 0.6) is 0 Å². The van der Waals surface area contributed by atoms with E-state index in [2.05, 4.69) is 194 Å². The van der Waals surface area contributed by atoms with Crippen LogP contribution in [0.3, 0.4) is 0 Å². The van der Waals surface area contributed by atoms with Gasteiger partial charge < -0.3 is 10.2 Å². The van der Waals surface area contributed by atoms with Crippen LogP contribution in [0.15, 0.2) is 175 Å². The third kappa shape index (κ3) is 4.67. The summed E-state index contributed by atoms with van der Waals surface area (Å²) in [4.78, 5) is 3.74. The average Bonchev–Trinajstić information content (AvgIpc) is 3.75. The van der Waals surface area contributed by atoms with Crippen LogP contribution in [0, 0.1) is 0 Å². The first kappa shape index (κ1) is 30.6. The first-order chi connectivity index (χ1) is 26.0. The predicted octanol–water partition coefficient (Wildman–Crippen LogP) is 14.3. The second kappa shape index (κ2) is 11.5. The number of nitrogens with one attached hydrogen (secondary N) is 1. The molecule has 1 N–H and O–H groups in total. The minimum absolute atomic E-state index is 0.0319. The van der Waals surface area contributed by atoms with Gasteiger partial charge in [0.2, 0.25) is 0 Å². The summed E-state index contributed by atoms with van der Waals surface area (Å²) in [6.45, 7) is 4.73. The lowest BCUT2D eigenvalue weighted by Crippen LogP contribution is -2.15. The minimum atomic E-state index is -0.0319. The van der Waals surface area contributed by atoms with Gasteiger partial charge in [0.1, 0.15) is 5.37 Å². The Morgan fingerprint density at radius 2 is 1.06 bits per heavy atom. The van der Waals surface area contributed by atoms with E-state index in [1.165, 1.54) is 81.5 Å². The molecule has 0 amide bonds. The first-order valence-electron chi connectivity index (χ1n) is 18.4. The molecule has 53 heavy (non-hydrogen) atoms. The maximum atomic E-state index is 4.03. The van der Waals surface area contributed by atoms with Gasteiger partial charge in [0.25, 0.3) is 0 Å². The molecule has 0 fully saturated rings. The van der Waals surface area contributed by atoms with Crippen molar-refractivity contribution in [2.45, 2.75) is 29.5 Å². The zero-order chi connectivity index (χ0) is 35.3. The molecular weight excluding hydrogens is 661 g/mol. The summed E-state index contributed by atoms with van der Waals surface area (Å²) in [5, 5.41) is 14.2. The first-order valence-corrected chi connectivity index (χ1v) is 19.3. The normalized spacial score (nSPS) is 15.4. The second-order valence-electron chi connectivity index (χ2n) is 15.0. The Balaban J connectivity index is 1.06. The molecule has 3 heteroatoms. The van der Waals surface area contributed by atoms with Gasteiger partial charge >= 0.3 is 0 Å². The van der Waals surface area contributed by atoms with E-state index in [1.54, 1.807) is 0 Å². The summed E-state index contributed by atoms with van der Waals surface area (Å²) in [6, 6.07) is 62.9. The summed E-state index contributed by atoms with van der Waals surface area (Å²) >= 11 is 1.95. The Morgan fingerprint density at radius 1 is 0.472 bits per heavy atom. The molecule has 0 radical (unpaired) electrons. The van der Waals surface area contributed by atoms with Crippen LogP contribution < -0.4 is 10.2 Å². The van der Waals surface area contributed by atoms with Crippen LogP contribution in [-0.4, -0.2) is 0 Å². The number of hydrogen-bond donors (Lipinski definition) is 1. The molecule has 2 aliphatic rings. The average molecular weight is 697 g/mol. The lowest BCUT2D eigenvalue weighted by atomic mass is 9.82. The number of anilines is 4. The van der Waals surface area contributed by atoms with Gasteiger partial charge in [-0.2, -0.15) is 0 Å². The molecule has 11 rings (SSSR count). The molecular formula is C50H36N2S. The summed E-state index contributed by atoms with van der Waals surface area (Å²) < 4.78 is 0. The third-order valence-corrected chi connectivity index (χ3v) is 12.9. The molecule has 1 unspecified atom stereocenters. The van der Waals surface area contributed by atoms with E-state index >= 15 is 0 Å². The molecule has 0 saturated heterocycles. The van der Waals surface area contributed by atoms with E-state index < -0.39 is 0 Å². The van der Waals surface area contributed by atoms with E-state index in [0.29, 0.717) is 0 Å². The van der Waals surface area contributed by atoms with Crippen molar-refractivity contribution < 1.29 is 0 Å². The van der Waals surface area contributed by atoms with Crippen LogP contribution in [0.25, 0.3) is 54.2 Å². The molecule has 0 bridgehead atoms. The summed E-state index contributed by atoms with van der Waals surface area (Å²) in [6.07, 6.45) is 0. The fourth-order valence-corrected chi connectivity index (χ4v) is 10.2. The Bertz CT molecular complexity index is 2880. The van der Waals surface area contributed by atoms with Crippen LogP contribution >= 0.6 is 11.8 Å². The summed E-state index contributed by atoms with van der Waals surface area (Å²) in [5.74, 6) is 0. The molecule has 0 aromatic heterocycles. The lowest BCUT2D eigenvalue weighted by molar-refractivity contribution is 0.659. The van der Waals surface area contributed by atoms with Crippen molar-refractivity contribution in [1.82, 2.24) is 0 Å². The molecule has 252 valence electrons. The quantitative estimate of drug-likeness (QED) is 0.184. The molecule has 1 heterocycles. The number of fused-ring (bicyclic) bond motifs is 11. The monoisotopic (exact) mass is 696 g/mol. The Hall–Kier alpha value is -6.03. The second-order valence-corrected chi connectivity index (χ2v) is 16.1. The van der Waals surface area contributed by atoms with Gasteiger partial charge in [-0.1, -0.05) is 159 Å². The van der Waals surface area contributed by atoms with E-state index in [4.69, 9.17) is 0 Å². The smallest absolute Gasteiger partial charge is 0.103 e. The minimum Gasteiger partial charge on any atom is -0.368 e. The highest BCUT2D eigenvalue weighted by Crippen LogP contribution is 2.56. The van der Waals surface area contributed by atoms with E-state index in [9.17, 15) is 0 Å². The van der Waals surface area contributed by atoms with Gasteiger partial charge in [-0.3, -0.25) is 0 Å². The van der Waals surface area contributed by atoms with Crippen molar-refractivity contribution >= 4 is 77.6 Å². The van der Waals surface area contributed by atoms with Crippen molar-refractivity contribution in [1.29, 1.82) is 0 Å². The van der Waals surface area contributed by atoms with Gasteiger partial charge in [0, 0.05) is 32.8 Å². The topological polar surface area (TPSA) is 15.3 Å². The number of nitrogens with zero attached hydrogens (tertiary/aromatic N) is 1. The molecule has 0 spiro atoms. The largest absolute Gasteiger partial charge is 0.368 e. The summed E-state index contributed by atoms with van der Waals surface area (Å²) in [5.41, 5.74) is 11.5. The third-order valence-electron chi connectivity index (χ3n) is 11.6. The van der Waals surface area contributed by atoms with Gasteiger partial charge in [0.15, 0.2) is 0 Å². The van der Waals surface area contributed by atoms with Crippen molar-refractivity contribution in [3.8, 4) is 11.1 Å². The van der Waals surface area contributed by atoms with Gasteiger partial charge in [0.05, 0.1) is 5.69 Å². The van der Waals surface area contributed by atoms with Crippen LogP contribution in [0.4, 0.5) is 22.7 Å². The summed E-state index contributed by atoms with van der Waals surface area (Å²) in [7, 11) is 0. The zero-order valence-electron chi connectivity index (χ0n) is 29.6. The fraction of sp³-hybridized carbons (Fsp3) is 0.0800. The maximum Gasteiger partial charge on any atom is 0.103 e. The van der Waals surface area contributed by atoms with E-state index in [0.717, 1.165) is 17.1 Å². The van der Waals surface area contributed by atoms with Crippen molar-refractivity contribution in [3.05, 3.63) is 187 Å². The molecule has 1 aliphatic heterocycles. The maximum absolute atomic E-state index is 4.03. The van der Waals surface area contributed by atoms with Crippen LogP contribution in [-0.2, 0) is 5.41 Å². The molecule has 1 atom stereocenters. The van der Waals surface area contributed by atoms with Crippen LogP contribution in [0.1, 0.15) is 35.9 Å². The Kier molecular flexibility index (Phi) is 6.63. The van der Waals surface area contributed by atoms with Crippen LogP contribution in [0.2, 0.25) is 0 Å². The standard InChI is InChI=1S/C50H36N2S/c1-50(2)45-18-10-9-16-40(45)41-25-21-35(29-46(41)50)49-51-47-42-26-24-38(30-44(42)39-15-7-8-17-43(39)48(47)53-49)52(36-22-19-31-11-3-5-13-33(31)27-36)37-23-20-32-12-4-6-14-34(32)28-37/h3-30,49,51H,1-2H3. The SMILES string of the molecule is CC1(C)c2ccccc2-c2ccc(C3Nc4c(c5ccccc5c5cc(N(c6ccc7ccccc7c6)c6ccc7ccccc7c6)ccc45)S3)cc21. The van der Waals surface area contributed by atoms with Crippen molar-refractivity contribution in [2.24, 2.45) is 0 Å². The molecule has 9 aromatic carbocycles. The zero-order valence-corrected chi connectivity index (χ0v) is 30.4. The molecule has 2 nitrogen and oxygen atoms in total. The van der Waals surface area contributed by atoms with Gasteiger partial charge in [-0.15, -0.1) is 0 Å². The number of thioether (sulfide) groups is 1. The number of hydrogen-bond acceptors (Lipinski definition) is 3. The van der Waals surface area contributed by atoms with Gasteiger partial charge in [-0.05, 0) is 102 Å². The highest BCUT2D eigenvalue weighted by Gasteiger charge is 2.36. The lowest BCUT2D eigenvalue weighted by Gasteiger charge is -2.27. The predicted molar refractivity (Wildman–Crippen MR) is 227 cm³/mol. The number of rotatable bonds is 4. The van der Waals surface area contributed by atoms with Crippen molar-refractivity contribution in [3.63, 3.8) is 0 Å². The van der Waals surface area contributed by atoms with Crippen molar-refractivity contribution in [2.75, 3.05) is 10.2 Å². The Labute approximate surface area is 313 Å². The Morgan fingerprint density at radius 3 is 1.79 bits per heavy atom. The van der Waals surface area contributed by atoms with E-state index in [1.807, 2.05) is 11.8 Å².